The molecule has 0 atom stereocenters. The van der Waals surface area contributed by atoms with Gasteiger partial charge in [0.05, 0.1) is 6.61 Å². The Morgan fingerprint density at radius 2 is 2.06 bits per heavy atom. The molecule has 0 fully saturated rings. The first-order valence-electron chi connectivity index (χ1n) is 5.72. The second-order valence-corrected chi connectivity index (χ2v) is 4.61. The highest BCUT2D eigenvalue weighted by Crippen LogP contribution is 2.26. The number of aromatic nitrogens is 1. The largest absolute Gasteiger partial charge is 0.380 e. The van der Waals surface area contributed by atoms with Crippen LogP contribution in [0.25, 0.3) is 10.9 Å². The minimum Gasteiger partial charge on any atom is -0.380 e. The molecule has 0 spiro atoms. The molecule has 0 radical (unpaired) electrons. The van der Waals surface area contributed by atoms with E-state index in [0.29, 0.717) is 12.6 Å². The number of fused-ring (bicyclic) bond motifs is 1. The van der Waals surface area contributed by atoms with Crippen LogP contribution < -0.4 is 0 Å². The van der Waals surface area contributed by atoms with Gasteiger partial charge in [0.1, 0.15) is 0 Å². The van der Waals surface area contributed by atoms with Gasteiger partial charge in [-0.05, 0) is 32.4 Å². The van der Waals surface area contributed by atoms with Gasteiger partial charge in [-0.15, -0.1) is 0 Å². The first-order chi connectivity index (χ1) is 7.63. The number of rotatable bonds is 3. The summed E-state index contributed by atoms with van der Waals surface area (Å²) in [5.41, 5.74) is 3.88. The predicted octanol–water partition coefficient (Wildman–Crippen LogP) is 3.68. The standard InChI is InChI=1S/C14H19NO/c1-10(2)15-8-12(9-16-4)13-6-5-11(3)7-14(13)15/h5-8,10H,9H2,1-4H3. The van der Waals surface area contributed by atoms with Crippen molar-refractivity contribution in [2.24, 2.45) is 0 Å². The first kappa shape index (κ1) is 11.2. The van der Waals surface area contributed by atoms with Crippen molar-refractivity contribution in [3.05, 3.63) is 35.5 Å². The molecule has 0 aliphatic rings. The first-order valence-corrected chi connectivity index (χ1v) is 5.72. The molecular formula is C14H19NO. The van der Waals surface area contributed by atoms with Crippen molar-refractivity contribution in [1.29, 1.82) is 0 Å². The van der Waals surface area contributed by atoms with E-state index in [1.807, 2.05) is 0 Å². The summed E-state index contributed by atoms with van der Waals surface area (Å²) in [5.74, 6) is 0. The van der Waals surface area contributed by atoms with Gasteiger partial charge >= 0.3 is 0 Å². The highest BCUT2D eigenvalue weighted by Gasteiger charge is 2.10. The quantitative estimate of drug-likeness (QED) is 0.765. The summed E-state index contributed by atoms with van der Waals surface area (Å²) >= 11 is 0. The lowest BCUT2D eigenvalue weighted by Gasteiger charge is -2.09. The second kappa shape index (κ2) is 4.30. The van der Waals surface area contributed by atoms with E-state index < -0.39 is 0 Å². The Labute approximate surface area is 96.8 Å². The van der Waals surface area contributed by atoms with Gasteiger partial charge in [-0.25, -0.2) is 0 Å². The zero-order chi connectivity index (χ0) is 11.7. The van der Waals surface area contributed by atoms with Crippen molar-refractivity contribution in [2.45, 2.75) is 33.4 Å². The number of ether oxygens (including phenoxy) is 1. The number of nitrogens with zero attached hydrogens (tertiary/aromatic N) is 1. The van der Waals surface area contributed by atoms with E-state index >= 15 is 0 Å². The lowest BCUT2D eigenvalue weighted by Crippen LogP contribution is -1.98. The maximum atomic E-state index is 5.25. The second-order valence-electron chi connectivity index (χ2n) is 4.61. The Kier molecular flexibility index (Phi) is 3.01. The van der Waals surface area contributed by atoms with Crippen LogP contribution in [0.15, 0.2) is 24.4 Å². The Morgan fingerprint density at radius 3 is 2.69 bits per heavy atom. The van der Waals surface area contributed by atoms with Crippen LogP contribution in [-0.2, 0) is 11.3 Å². The van der Waals surface area contributed by atoms with Crippen molar-refractivity contribution in [3.63, 3.8) is 0 Å². The molecule has 16 heavy (non-hydrogen) atoms. The maximum Gasteiger partial charge on any atom is 0.0733 e. The zero-order valence-corrected chi connectivity index (χ0v) is 10.4. The Balaban J connectivity index is 2.66. The van der Waals surface area contributed by atoms with E-state index in [4.69, 9.17) is 4.74 Å². The van der Waals surface area contributed by atoms with Gasteiger partial charge in [-0.3, -0.25) is 0 Å². The fourth-order valence-corrected chi connectivity index (χ4v) is 2.13. The fourth-order valence-electron chi connectivity index (χ4n) is 2.13. The third-order valence-electron chi connectivity index (χ3n) is 2.93. The van der Waals surface area contributed by atoms with Crippen LogP contribution in [0.5, 0.6) is 0 Å². The van der Waals surface area contributed by atoms with Crippen molar-refractivity contribution in [2.75, 3.05) is 7.11 Å². The number of hydrogen-bond acceptors (Lipinski definition) is 1. The summed E-state index contributed by atoms with van der Waals surface area (Å²) in [5, 5.41) is 1.31. The Morgan fingerprint density at radius 1 is 1.31 bits per heavy atom. The van der Waals surface area contributed by atoms with Crippen LogP contribution in [0.2, 0.25) is 0 Å². The molecular weight excluding hydrogens is 198 g/mol. The molecule has 1 aromatic heterocycles. The van der Waals surface area contributed by atoms with E-state index in [1.165, 1.54) is 22.0 Å². The molecule has 0 bridgehead atoms. The highest BCUT2D eigenvalue weighted by atomic mass is 16.5. The average Bonchev–Trinajstić information content (AvgIpc) is 2.57. The molecule has 0 aliphatic heterocycles. The van der Waals surface area contributed by atoms with E-state index in [0.717, 1.165) is 0 Å². The number of methoxy groups -OCH3 is 1. The van der Waals surface area contributed by atoms with Gasteiger partial charge in [0.15, 0.2) is 0 Å². The van der Waals surface area contributed by atoms with Crippen molar-refractivity contribution >= 4 is 10.9 Å². The van der Waals surface area contributed by atoms with Crippen LogP contribution in [0.4, 0.5) is 0 Å². The molecule has 2 aromatic rings. The average molecular weight is 217 g/mol. The Hall–Kier alpha value is -1.28. The van der Waals surface area contributed by atoms with E-state index in [2.05, 4.69) is 49.7 Å². The topological polar surface area (TPSA) is 14.2 Å². The third-order valence-corrected chi connectivity index (χ3v) is 2.93. The van der Waals surface area contributed by atoms with Gasteiger partial charge in [0, 0.05) is 35.8 Å². The van der Waals surface area contributed by atoms with Gasteiger partial charge in [-0.2, -0.15) is 0 Å². The molecule has 0 aliphatic carbocycles. The SMILES string of the molecule is COCc1cn(C(C)C)c2cc(C)ccc12. The summed E-state index contributed by atoms with van der Waals surface area (Å²) in [6.07, 6.45) is 2.21. The number of aryl methyl sites for hydroxylation is 1. The number of benzene rings is 1. The molecule has 0 saturated carbocycles. The van der Waals surface area contributed by atoms with Gasteiger partial charge in [0.2, 0.25) is 0 Å². The summed E-state index contributed by atoms with van der Waals surface area (Å²) in [4.78, 5) is 0. The smallest absolute Gasteiger partial charge is 0.0733 e. The van der Waals surface area contributed by atoms with E-state index in [-0.39, 0.29) is 0 Å². The molecule has 1 aromatic carbocycles. The van der Waals surface area contributed by atoms with Crippen LogP contribution in [0, 0.1) is 6.92 Å². The minimum absolute atomic E-state index is 0.481. The van der Waals surface area contributed by atoms with Gasteiger partial charge < -0.3 is 9.30 Å². The summed E-state index contributed by atoms with van der Waals surface area (Å²) in [7, 11) is 1.74. The van der Waals surface area contributed by atoms with E-state index in [1.54, 1.807) is 7.11 Å². The van der Waals surface area contributed by atoms with Crippen LogP contribution in [0.1, 0.15) is 31.0 Å². The Bertz CT molecular complexity index is 497. The summed E-state index contributed by atoms with van der Waals surface area (Å²) in [6.45, 7) is 7.23. The van der Waals surface area contributed by atoms with Gasteiger partial charge in [0.25, 0.3) is 0 Å². The van der Waals surface area contributed by atoms with Crippen LogP contribution in [-0.4, -0.2) is 11.7 Å². The molecule has 86 valence electrons. The monoisotopic (exact) mass is 217 g/mol. The molecule has 0 amide bonds. The predicted molar refractivity (Wildman–Crippen MR) is 67.8 cm³/mol. The normalized spacial score (nSPS) is 11.6. The van der Waals surface area contributed by atoms with Crippen LogP contribution >= 0.6 is 0 Å². The lowest BCUT2D eigenvalue weighted by molar-refractivity contribution is 0.185. The molecule has 1 heterocycles. The minimum atomic E-state index is 0.481. The number of hydrogen-bond donors (Lipinski definition) is 0. The van der Waals surface area contributed by atoms with Crippen molar-refractivity contribution in [1.82, 2.24) is 4.57 Å². The molecule has 2 heteroatoms. The molecule has 0 N–H and O–H groups in total. The zero-order valence-electron chi connectivity index (χ0n) is 10.4. The van der Waals surface area contributed by atoms with Crippen molar-refractivity contribution < 1.29 is 4.74 Å². The maximum absolute atomic E-state index is 5.25. The van der Waals surface area contributed by atoms with Gasteiger partial charge in [-0.1, -0.05) is 12.1 Å². The third kappa shape index (κ3) is 1.85. The summed E-state index contributed by atoms with van der Waals surface area (Å²) < 4.78 is 7.56. The fraction of sp³-hybridized carbons (Fsp3) is 0.429. The summed E-state index contributed by atoms with van der Waals surface area (Å²) in [6, 6.07) is 7.08. The van der Waals surface area contributed by atoms with Crippen LogP contribution in [0.3, 0.4) is 0 Å². The molecule has 0 saturated heterocycles. The van der Waals surface area contributed by atoms with Crippen molar-refractivity contribution in [3.8, 4) is 0 Å². The van der Waals surface area contributed by atoms with E-state index in [9.17, 15) is 0 Å². The molecule has 2 rings (SSSR count). The highest BCUT2D eigenvalue weighted by molar-refractivity contribution is 5.84. The lowest BCUT2D eigenvalue weighted by atomic mass is 10.1. The molecule has 2 nitrogen and oxygen atoms in total. The molecule has 0 unspecified atom stereocenters.